The topological polar surface area (TPSA) is 49.5 Å². The summed E-state index contributed by atoms with van der Waals surface area (Å²) in [6, 6.07) is 8.37. The second kappa shape index (κ2) is 6.03. The average molecular weight is 234 g/mol. The standard InChI is InChI=1S/C14H22N2O/c15-10-13-5-1-2-6-14(13)16-8-3-4-12(11-16)7-9-17/h1-2,5-6,12,17H,3-4,7-11,15H2. The second-order valence-electron chi connectivity index (χ2n) is 4.80. The highest BCUT2D eigenvalue weighted by molar-refractivity contribution is 5.53. The minimum Gasteiger partial charge on any atom is -0.396 e. The number of piperidine rings is 1. The van der Waals surface area contributed by atoms with Crippen molar-refractivity contribution in [1.82, 2.24) is 0 Å². The maximum atomic E-state index is 9.04. The van der Waals surface area contributed by atoms with Gasteiger partial charge in [-0.15, -0.1) is 0 Å². The first-order valence-corrected chi connectivity index (χ1v) is 6.49. The number of benzene rings is 1. The van der Waals surface area contributed by atoms with E-state index >= 15 is 0 Å². The molecule has 1 heterocycles. The van der Waals surface area contributed by atoms with E-state index in [9.17, 15) is 0 Å². The molecular weight excluding hydrogens is 212 g/mol. The molecule has 3 N–H and O–H groups in total. The summed E-state index contributed by atoms with van der Waals surface area (Å²) in [5.74, 6) is 0.625. The molecule has 1 aliphatic heterocycles. The molecule has 0 aliphatic carbocycles. The summed E-state index contributed by atoms with van der Waals surface area (Å²) in [5, 5.41) is 9.04. The molecule has 0 radical (unpaired) electrons. The fourth-order valence-corrected chi connectivity index (χ4v) is 2.69. The van der Waals surface area contributed by atoms with Crippen LogP contribution >= 0.6 is 0 Å². The molecule has 3 nitrogen and oxygen atoms in total. The van der Waals surface area contributed by atoms with Crippen LogP contribution in [0.15, 0.2) is 24.3 Å². The summed E-state index contributed by atoms with van der Waals surface area (Å²) in [6.07, 6.45) is 3.37. The highest BCUT2D eigenvalue weighted by atomic mass is 16.3. The predicted octanol–water partition coefficient (Wildman–Crippen LogP) is 1.74. The highest BCUT2D eigenvalue weighted by Crippen LogP contribution is 2.27. The van der Waals surface area contributed by atoms with Gasteiger partial charge in [-0.3, -0.25) is 0 Å². The van der Waals surface area contributed by atoms with Gasteiger partial charge in [0.2, 0.25) is 0 Å². The summed E-state index contributed by atoms with van der Waals surface area (Å²) >= 11 is 0. The maximum absolute atomic E-state index is 9.04. The molecule has 1 aromatic rings. The fourth-order valence-electron chi connectivity index (χ4n) is 2.69. The van der Waals surface area contributed by atoms with Crippen molar-refractivity contribution in [3.63, 3.8) is 0 Å². The predicted molar refractivity (Wildman–Crippen MR) is 71.0 cm³/mol. The van der Waals surface area contributed by atoms with E-state index < -0.39 is 0 Å². The van der Waals surface area contributed by atoms with Crippen molar-refractivity contribution < 1.29 is 5.11 Å². The lowest BCUT2D eigenvalue weighted by Gasteiger charge is -2.35. The first-order valence-electron chi connectivity index (χ1n) is 6.49. The van der Waals surface area contributed by atoms with Gasteiger partial charge in [-0.25, -0.2) is 0 Å². The first kappa shape index (κ1) is 12.4. The zero-order chi connectivity index (χ0) is 12.1. The van der Waals surface area contributed by atoms with Crippen LogP contribution < -0.4 is 10.6 Å². The molecule has 1 atom stereocenters. The Morgan fingerprint density at radius 3 is 2.94 bits per heavy atom. The smallest absolute Gasteiger partial charge is 0.0434 e. The minimum absolute atomic E-state index is 0.303. The molecule has 0 spiro atoms. The van der Waals surface area contributed by atoms with Crippen LogP contribution in [0.2, 0.25) is 0 Å². The molecule has 0 amide bonds. The minimum atomic E-state index is 0.303. The van der Waals surface area contributed by atoms with Gasteiger partial charge in [0.15, 0.2) is 0 Å². The lowest BCUT2D eigenvalue weighted by atomic mass is 9.94. The molecule has 0 saturated carbocycles. The monoisotopic (exact) mass is 234 g/mol. The van der Waals surface area contributed by atoms with Gasteiger partial charge < -0.3 is 15.7 Å². The van der Waals surface area contributed by atoms with Gasteiger partial charge in [0, 0.05) is 31.9 Å². The Labute approximate surface area is 103 Å². The lowest BCUT2D eigenvalue weighted by Crippen LogP contribution is -2.36. The molecule has 1 fully saturated rings. The first-order chi connectivity index (χ1) is 8.35. The third-order valence-electron chi connectivity index (χ3n) is 3.61. The summed E-state index contributed by atoms with van der Waals surface area (Å²) in [4.78, 5) is 2.42. The number of rotatable bonds is 4. The van der Waals surface area contributed by atoms with Crippen LogP contribution in [-0.2, 0) is 6.54 Å². The Morgan fingerprint density at radius 1 is 1.35 bits per heavy atom. The van der Waals surface area contributed by atoms with E-state index in [0.29, 0.717) is 19.1 Å². The van der Waals surface area contributed by atoms with Crippen LogP contribution in [0.1, 0.15) is 24.8 Å². The van der Waals surface area contributed by atoms with Crippen LogP contribution in [0.4, 0.5) is 5.69 Å². The lowest BCUT2D eigenvalue weighted by molar-refractivity contribution is 0.244. The highest BCUT2D eigenvalue weighted by Gasteiger charge is 2.20. The molecule has 3 heteroatoms. The summed E-state index contributed by atoms with van der Waals surface area (Å²) in [5.41, 5.74) is 8.28. The number of aliphatic hydroxyl groups is 1. The van der Waals surface area contributed by atoms with Crippen LogP contribution in [0.25, 0.3) is 0 Å². The Kier molecular flexibility index (Phi) is 4.40. The molecule has 0 bridgehead atoms. The van der Waals surface area contributed by atoms with Crippen LogP contribution in [0, 0.1) is 5.92 Å². The molecule has 0 aromatic heterocycles. The zero-order valence-electron chi connectivity index (χ0n) is 10.3. The van der Waals surface area contributed by atoms with Gasteiger partial charge in [-0.1, -0.05) is 18.2 Å². The van der Waals surface area contributed by atoms with E-state index in [-0.39, 0.29) is 0 Å². The fraction of sp³-hybridized carbons (Fsp3) is 0.571. The quantitative estimate of drug-likeness (QED) is 0.834. The van der Waals surface area contributed by atoms with E-state index in [2.05, 4.69) is 23.1 Å². The number of aliphatic hydroxyl groups excluding tert-OH is 1. The Balaban J connectivity index is 2.10. The number of para-hydroxylation sites is 1. The Morgan fingerprint density at radius 2 is 2.18 bits per heavy atom. The zero-order valence-corrected chi connectivity index (χ0v) is 10.3. The van der Waals surface area contributed by atoms with Crippen molar-refractivity contribution in [3.05, 3.63) is 29.8 Å². The van der Waals surface area contributed by atoms with Crippen molar-refractivity contribution in [2.45, 2.75) is 25.8 Å². The molecule has 17 heavy (non-hydrogen) atoms. The summed E-state index contributed by atoms with van der Waals surface area (Å²) in [6.45, 7) is 3.06. The molecule has 1 unspecified atom stereocenters. The van der Waals surface area contributed by atoms with Crippen molar-refractivity contribution in [2.24, 2.45) is 11.7 Å². The number of hydrogen-bond acceptors (Lipinski definition) is 3. The molecular formula is C14H22N2O. The van der Waals surface area contributed by atoms with Gasteiger partial charge in [-0.05, 0) is 36.8 Å². The van der Waals surface area contributed by atoms with Gasteiger partial charge in [-0.2, -0.15) is 0 Å². The molecule has 1 aromatic carbocycles. The number of nitrogens with two attached hydrogens (primary N) is 1. The van der Waals surface area contributed by atoms with Crippen LogP contribution in [-0.4, -0.2) is 24.8 Å². The maximum Gasteiger partial charge on any atom is 0.0434 e. The number of anilines is 1. The summed E-state index contributed by atoms with van der Waals surface area (Å²) in [7, 11) is 0. The van der Waals surface area contributed by atoms with Crippen molar-refractivity contribution in [1.29, 1.82) is 0 Å². The average Bonchev–Trinajstić information content (AvgIpc) is 2.39. The SMILES string of the molecule is NCc1ccccc1N1CCCC(CCO)C1. The number of nitrogens with zero attached hydrogens (tertiary/aromatic N) is 1. The molecule has 1 saturated heterocycles. The van der Waals surface area contributed by atoms with Crippen LogP contribution in [0.3, 0.4) is 0 Å². The van der Waals surface area contributed by atoms with E-state index in [1.165, 1.54) is 24.1 Å². The van der Waals surface area contributed by atoms with E-state index in [1.807, 2.05) is 6.07 Å². The van der Waals surface area contributed by atoms with Crippen LogP contribution in [0.5, 0.6) is 0 Å². The Hall–Kier alpha value is -1.06. The van der Waals surface area contributed by atoms with Crippen molar-refractivity contribution >= 4 is 5.69 Å². The van der Waals surface area contributed by atoms with Gasteiger partial charge in [0.05, 0.1) is 0 Å². The Bertz CT molecular complexity index is 352. The molecule has 1 aliphatic rings. The molecule has 94 valence electrons. The van der Waals surface area contributed by atoms with Gasteiger partial charge >= 0.3 is 0 Å². The third kappa shape index (κ3) is 2.99. The molecule has 2 rings (SSSR count). The van der Waals surface area contributed by atoms with Gasteiger partial charge in [0.25, 0.3) is 0 Å². The van der Waals surface area contributed by atoms with Gasteiger partial charge in [0.1, 0.15) is 0 Å². The van der Waals surface area contributed by atoms with Crippen molar-refractivity contribution in [2.75, 3.05) is 24.6 Å². The van der Waals surface area contributed by atoms with E-state index in [0.717, 1.165) is 19.5 Å². The number of hydrogen-bond donors (Lipinski definition) is 2. The van der Waals surface area contributed by atoms with Crippen molar-refractivity contribution in [3.8, 4) is 0 Å². The third-order valence-corrected chi connectivity index (χ3v) is 3.61. The van der Waals surface area contributed by atoms with E-state index in [4.69, 9.17) is 10.8 Å². The van der Waals surface area contributed by atoms with E-state index in [1.54, 1.807) is 0 Å². The second-order valence-corrected chi connectivity index (χ2v) is 4.80. The summed E-state index contributed by atoms with van der Waals surface area (Å²) < 4.78 is 0. The normalized spacial score (nSPS) is 20.6. The largest absolute Gasteiger partial charge is 0.396 e.